The third kappa shape index (κ3) is 2.10. The normalized spacial score (nSPS) is 10.0. The molecule has 0 fully saturated rings. The molecule has 0 unspecified atom stereocenters. The van der Waals surface area contributed by atoms with Crippen molar-refractivity contribution < 1.29 is 4.74 Å². The van der Waals surface area contributed by atoms with E-state index in [0.717, 1.165) is 22.4 Å². The van der Waals surface area contributed by atoms with Crippen LogP contribution in [0.2, 0.25) is 0 Å². The Morgan fingerprint density at radius 1 is 1.36 bits per heavy atom. The molecule has 2 nitrogen and oxygen atoms in total. The Morgan fingerprint density at radius 3 is 2.50 bits per heavy atom. The van der Waals surface area contributed by atoms with Crippen molar-refractivity contribution in [2.45, 2.75) is 13.8 Å². The molecule has 0 aliphatic rings. The minimum Gasteiger partial charge on any atom is -0.496 e. The van der Waals surface area contributed by atoms with Gasteiger partial charge in [0.05, 0.1) is 17.7 Å². The van der Waals surface area contributed by atoms with Gasteiger partial charge in [-0.3, -0.25) is 5.41 Å². The van der Waals surface area contributed by atoms with Gasteiger partial charge in [-0.05, 0) is 37.3 Å². The topological polar surface area (TPSA) is 33.1 Å². The molecule has 0 bridgehead atoms. The Bertz CT molecular complexity index is 361. The van der Waals surface area contributed by atoms with Crippen LogP contribution in [0, 0.1) is 19.3 Å². The fraction of sp³-hybridized carbons (Fsp3) is 0.364. The van der Waals surface area contributed by atoms with Crippen LogP contribution >= 0.6 is 11.8 Å². The van der Waals surface area contributed by atoms with Gasteiger partial charge in [-0.1, -0.05) is 6.07 Å². The molecule has 0 radical (unpaired) electrons. The number of rotatable bonds is 2. The zero-order valence-electron chi connectivity index (χ0n) is 8.97. The monoisotopic (exact) mass is 209 g/mol. The molecule has 14 heavy (non-hydrogen) atoms. The van der Waals surface area contributed by atoms with E-state index in [2.05, 4.69) is 6.07 Å². The predicted octanol–water partition coefficient (Wildman–Crippen LogP) is 3.00. The summed E-state index contributed by atoms with van der Waals surface area (Å²) >= 11 is 1.43. The van der Waals surface area contributed by atoms with Crippen molar-refractivity contribution in [3.8, 4) is 5.75 Å². The quantitative estimate of drug-likeness (QED) is 0.600. The van der Waals surface area contributed by atoms with Crippen LogP contribution in [0.5, 0.6) is 5.75 Å². The van der Waals surface area contributed by atoms with Gasteiger partial charge in [0, 0.05) is 0 Å². The molecular weight excluding hydrogens is 194 g/mol. The van der Waals surface area contributed by atoms with Crippen molar-refractivity contribution in [3.63, 3.8) is 0 Å². The summed E-state index contributed by atoms with van der Waals surface area (Å²) in [5, 5.41) is 8.37. The molecule has 1 aromatic rings. The van der Waals surface area contributed by atoms with Crippen molar-refractivity contribution in [3.05, 3.63) is 28.8 Å². The second kappa shape index (κ2) is 4.51. The van der Waals surface area contributed by atoms with Gasteiger partial charge in [-0.25, -0.2) is 0 Å². The van der Waals surface area contributed by atoms with Crippen LogP contribution in [0.3, 0.4) is 0 Å². The molecule has 0 atom stereocenters. The summed E-state index contributed by atoms with van der Waals surface area (Å²) in [7, 11) is 1.64. The van der Waals surface area contributed by atoms with Gasteiger partial charge in [-0.2, -0.15) is 0 Å². The number of benzene rings is 1. The van der Waals surface area contributed by atoms with Crippen LogP contribution in [0.15, 0.2) is 12.1 Å². The zero-order chi connectivity index (χ0) is 10.7. The van der Waals surface area contributed by atoms with E-state index in [1.807, 2.05) is 26.2 Å². The van der Waals surface area contributed by atoms with Crippen molar-refractivity contribution in [2.24, 2.45) is 0 Å². The Kier molecular flexibility index (Phi) is 3.58. The van der Waals surface area contributed by atoms with E-state index < -0.39 is 0 Å². The van der Waals surface area contributed by atoms with E-state index >= 15 is 0 Å². The fourth-order valence-corrected chi connectivity index (χ4v) is 1.95. The third-order valence-electron chi connectivity index (χ3n) is 2.09. The number of methoxy groups -OCH3 is 1. The molecule has 0 aliphatic carbocycles. The second-order valence-electron chi connectivity index (χ2n) is 3.19. The van der Waals surface area contributed by atoms with Gasteiger partial charge >= 0.3 is 0 Å². The number of thioether (sulfide) groups is 1. The molecule has 0 saturated heterocycles. The Hall–Kier alpha value is -0.960. The lowest BCUT2D eigenvalue weighted by atomic mass is 10.1. The van der Waals surface area contributed by atoms with Crippen LogP contribution in [-0.2, 0) is 0 Å². The summed E-state index contributed by atoms with van der Waals surface area (Å²) in [4.78, 5) is 0. The SMILES string of the molecule is COc1cc(C)cc(C)c1C(=N)SC. The number of aryl methyl sites for hydroxylation is 2. The highest BCUT2D eigenvalue weighted by atomic mass is 32.2. The molecule has 0 aromatic heterocycles. The lowest BCUT2D eigenvalue weighted by Gasteiger charge is -2.12. The smallest absolute Gasteiger partial charge is 0.129 e. The van der Waals surface area contributed by atoms with E-state index in [9.17, 15) is 0 Å². The Labute approximate surface area is 89.2 Å². The summed E-state index contributed by atoms with van der Waals surface area (Å²) in [5.74, 6) is 0.793. The molecule has 1 rings (SSSR count). The highest BCUT2D eigenvalue weighted by Gasteiger charge is 2.11. The van der Waals surface area contributed by atoms with Crippen LogP contribution in [0.4, 0.5) is 0 Å². The largest absolute Gasteiger partial charge is 0.496 e. The maximum absolute atomic E-state index is 7.82. The molecule has 0 spiro atoms. The van der Waals surface area contributed by atoms with Crippen molar-refractivity contribution in [1.82, 2.24) is 0 Å². The minimum atomic E-state index is 0.555. The molecule has 1 aromatic carbocycles. The summed E-state index contributed by atoms with van der Waals surface area (Å²) in [6.45, 7) is 4.04. The van der Waals surface area contributed by atoms with E-state index in [0.29, 0.717) is 5.04 Å². The number of ether oxygens (including phenoxy) is 1. The highest BCUT2D eigenvalue weighted by Crippen LogP contribution is 2.27. The first-order valence-electron chi connectivity index (χ1n) is 4.38. The highest BCUT2D eigenvalue weighted by molar-refractivity contribution is 8.13. The third-order valence-corrected chi connectivity index (χ3v) is 2.71. The Morgan fingerprint density at radius 2 is 2.00 bits per heavy atom. The van der Waals surface area contributed by atoms with Crippen molar-refractivity contribution >= 4 is 16.8 Å². The number of hydrogen-bond donors (Lipinski definition) is 1. The molecule has 3 heteroatoms. The van der Waals surface area contributed by atoms with Gasteiger partial charge in [-0.15, -0.1) is 11.8 Å². The molecule has 0 heterocycles. The van der Waals surface area contributed by atoms with Crippen LogP contribution in [0.25, 0.3) is 0 Å². The number of nitrogens with one attached hydrogen (secondary N) is 1. The Balaban J connectivity index is 3.32. The average Bonchev–Trinajstić information content (AvgIpc) is 2.15. The molecule has 76 valence electrons. The van der Waals surface area contributed by atoms with Crippen molar-refractivity contribution in [2.75, 3.05) is 13.4 Å². The maximum Gasteiger partial charge on any atom is 0.129 e. The van der Waals surface area contributed by atoms with Crippen molar-refractivity contribution in [1.29, 1.82) is 5.41 Å². The first-order chi connectivity index (χ1) is 6.60. The molecule has 0 amide bonds. The second-order valence-corrected chi connectivity index (χ2v) is 4.01. The van der Waals surface area contributed by atoms with E-state index in [1.165, 1.54) is 11.8 Å². The van der Waals surface area contributed by atoms with Crippen LogP contribution < -0.4 is 4.74 Å². The summed E-state index contributed by atoms with van der Waals surface area (Å²) in [6.07, 6.45) is 1.90. The van der Waals surface area contributed by atoms with Gasteiger partial charge in [0.1, 0.15) is 5.75 Å². The van der Waals surface area contributed by atoms with E-state index in [-0.39, 0.29) is 0 Å². The lowest BCUT2D eigenvalue weighted by molar-refractivity contribution is 0.413. The van der Waals surface area contributed by atoms with Gasteiger partial charge in [0.25, 0.3) is 0 Å². The van der Waals surface area contributed by atoms with E-state index in [1.54, 1.807) is 7.11 Å². The molecule has 0 aliphatic heterocycles. The van der Waals surface area contributed by atoms with Crippen LogP contribution in [-0.4, -0.2) is 18.4 Å². The summed E-state index contributed by atoms with van der Waals surface area (Å²) in [6, 6.07) is 4.04. The van der Waals surface area contributed by atoms with Gasteiger partial charge < -0.3 is 4.74 Å². The van der Waals surface area contributed by atoms with Crippen LogP contribution in [0.1, 0.15) is 16.7 Å². The van der Waals surface area contributed by atoms with Gasteiger partial charge in [0.2, 0.25) is 0 Å². The lowest BCUT2D eigenvalue weighted by Crippen LogP contribution is -2.01. The molecular formula is C11H15NOS. The summed E-state index contributed by atoms with van der Waals surface area (Å²) in [5.41, 5.74) is 3.17. The number of hydrogen-bond acceptors (Lipinski definition) is 3. The first-order valence-corrected chi connectivity index (χ1v) is 5.60. The predicted molar refractivity (Wildman–Crippen MR) is 62.8 cm³/mol. The maximum atomic E-state index is 7.82. The molecule has 1 N–H and O–H groups in total. The standard InChI is InChI=1S/C11H15NOS/c1-7-5-8(2)10(11(12)14-4)9(6-7)13-3/h5-6,12H,1-4H3. The first kappa shape index (κ1) is 11.1. The zero-order valence-corrected chi connectivity index (χ0v) is 9.79. The van der Waals surface area contributed by atoms with E-state index in [4.69, 9.17) is 10.1 Å². The average molecular weight is 209 g/mol. The van der Waals surface area contributed by atoms with Gasteiger partial charge in [0.15, 0.2) is 0 Å². The fourth-order valence-electron chi connectivity index (χ4n) is 1.48. The molecule has 0 saturated carbocycles. The summed E-state index contributed by atoms with van der Waals surface area (Å²) < 4.78 is 5.28. The minimum absolute atomic E-state index is 0.555.